The Morgan fingerprint density at radius 2 is 1.97 bits per heavy atom. The molecule has 2 aromatic heterocycles. The van der Waals surface area contributed by atoms with Crippen molar-refractivity contribution in [3.63, 3.8) is 0 Å². The predicted molar refractivity (Wildman–Crippen MR) is 131 cm³/mol. The summed E-state index contributed by atoms with van der Waals surface area (Å²) in [7, 11) is -6.74. The number of nitrogens with zero attached hydrogens (tertiary/aromatic N) is 4. The Labute approximate surface area is 204 Å². The first kappa shape index (κ1) is 27.2. The zero-order valence-electron chi connectivity index (χ0n) is 20.4. The van der Waals surface area contributed by atoms with Gasteiger partial charge in [-0.05, 0) is 18.1 Å². The summed E-state index contributed by atoms with van der Waals surface area (Å²) in [5.41, 5.74) is 6.40. The summed E-state index contributed by atoms with van der Waals surface area (Å²) in [6.07, 6.45) is -3.83. The summed E-state index contributed by atoms with van der Waals surface area (Å²) < 4.78 is 57.2. The molecule has 1 aliphatic heterocycles. The van der Waals surface area contributed by atoms with Crippen LogP contribution in [0.5, 0.6) is 0 Å². The maximum absolute atomic E-state index is 16.0. The van der Waals surface area contributed by atoms with E-state index in [0.717, 1.165) is 0 Å². The molecule has 0 aliphatic carbocycles. The molecule has 192 valence electrons. The number of alkyl halides is 1. The molecule has 1 aliphatic rings. The van der Waals surface area contributed by atoms with Gasteiger partial charge in [0.2, 0.25) is 0 Å². The fourth-order valence-electron chi connectivity index (χ4n) is 3.29. The number of ether oxygens (including phenoxy) is 1. The van der Waals surface area contributed by atoms with E-state index >= 15 is 4.39 Å². The zero-order valence-corrected chi connectivity index (χ0v) is 23.0. The van der Waals surface area contributed by atoms with E-state index in [0.29, 0.717) is 16.1 Å². The van der Waals surface area contributed by atoms with Crippen molar-refractivity contribution in [1.82, 2.24) is 19.7 Å². The van der Waals surface area contributed by atoms with Gasteiger partial charge in [-0.15, -0.1) is 11.8 Å². The smallest absolute Gasteiger partial charge is 0.333 e. The number of hydrogen-bond donors (Lipinski definition) is 2. The Morgan fingerprint density at radius 3 is 2.53 bits per heavy atom. The summed E-state index contributed by atoms with van der Waals surface area (Å²) in [6.45, 7) is 13.5. The molecule has 0 unspecified atom stereocenters. The molecule has 0 spiro atoms. The third kappa shape index (κ3) is 5.71. The van der Waals surface area contributed by atoms with Crippen LogP contribution in [0.4, 0.5) is 10.2 Å². The minimum atomic E-state index is -4.27. The average molecular weight is 537 g/mol. The third-order valence-corrected chi connectivity index (χ3v) is 11.9. The van der Waals surface area contributed by atoms with Crippen LogP contribution in [0.2, 0.25) is 18.1 Å². The fourth-order valence-corrected chi connectivity index (χ4v) is 5.83. The molecule has 0 bridgehead atoms. The van der Waals surface area contributed by atoms with Gasteiger partial charge in [0, 0.05) is 5.25 Å². The van der Waals surface area contributed by atoms with Crippen LogP contribution < -0.4 is 10.9 Å². The summed E-state index contributed by atoms with van der Waals surface area (Å²) >= 11 is 1.44. The van der Waals surface area contributed by atoms with Crippen LogP contribution in [0.15, 0.2) is 11.4 Å². The normalized spacial score (nSPS) is 24.4. The lowest BCUT2D eigenvalue weighted by Gasteiger charge is -2.39. The SMILES string of the molecule is CC(C)Sc1nn([C@@H]2O[C@H](COS(N)(=O)=O)[C@@H](O[Si](C)(C)C(C)(C)C)[C@@H]2F)c2ncnc(N)c12. The molecule has 34 heavy (non-hydrogen) atoms. The first-order chi connectivity index (χ1) is 15.5. The van der Waals surface area contributed by atoms with Crippen LogP contribution in [0.3, 0.4) is 0 Å². The van der Waals surface area contributed by atoms with Gasteiger partial charge in [-0.2, -0.15) is 13.5 Å². The fraction of sp³-hybridized carbons (Fsp3) is 0.737. The lowest BCUT2D eigenvalue weighted by atomic mass is 10.1. The van der Waals surface area contributed by atoms with Gasteiger partial charge >= 0.3 is 10.3 Å². The van der Waals surface area contributed by atoms with Crippen LogP contribution in [0, 0.1) is 0 Å². The number of aromatic nitrogens is 4. The number of anilines is 1. The Kier molecular flexibility index (Phi) is 7.68. The minimum absolute atomic E-state index is 0.169. The van der Waals surface area contributed by atoms with Crippen molar-refractivity contribution in [3.8, 4) is 0 Å². The van der Waals surface area contributed by atoms with Gasteiger partial charge < -0.3 is 14.9 Å². The lowest BCUT2D eigenvalue weighted by Crippen LogP contribution is -2.49. The van der Waals surface area contributed by atoms with E-state index in [9.17, 15) is 8.42 Å². The van der Waals surface area contributed by atoms with Crippen LogP contribution in [0.1, 0.15) is 40.8 Å². The van der Waals surface area contributed by atoms with Crippen molar-refractivity contribution in [2.45, 2.75) is 87.6 Å². The van der Waals surface area contributed by atoms with E-state index in [1.165, 1.54) is 22.8 Å². The number of thioether (sulfide) groups is 1. The van der Waals surface area contributed by atoms with Crippen molar-refractivity contribution >= 4 is 47.2 Å². The maximum atomic E-state index is 16.0. The summed E-state index contributed by atoms with van der Waals surface area (Å²) in [4.78, 5) is 8.31. The molecular weight excluding hydrogens is 503 g/mol. The van der Waals surface area contributed by atoms with E-state index in [1.807, 2.05) is 47.7 Å². The monoisotopic (exact) mass is 536 g/mol. The van der Waals surface area contributed by atoms with Crippen LogP contribution in [-0.2, 0) is 23.7 Å². The Bertz CT molecular complexity index is 1140. The first-order valence-electron chi connectivity index (χ1n) is 10.8. The molecule has 4 atom stereocenters. The van der Waals surface area contributed by atoms with E-state index in [1.54, 1.807) is 0 Å². The van der Waals surface area contributed by atoms with Gasteiger partial charge in [0.15, 0.2) is 26.4 Å². The van der Waals surface area contributed by atoms with Gasteiger partial charge in [-0.25, -0.2) is 24.2 Å². The molecule has 15 heteroatoms. The molecule has 11 nitrogen and oxygen atoms in total. The van der Waals surface area contributed by atoms with E-state index in [4.69, 9.17) is 24.2 Å². The van der Waals surface area contributed by atoms with Crippen LogP contribution in [-0.4, -0.2) is 66.7 Å². The molecule has 2 aromatic rings. The van der Waals surface area contributed by atoms with Gasteiger partial charge in [0.05, 0.1) is 12.0 Å². The zero-order chi connectivity index (χ0) is 25.6. The van der Waals surface area contributed by atoms with Crippen molar-refractivity contribution < 1.29 is 26.2 Å². The van der Waals surface area contributed by atoms with Crippen molar-refractivity contribution in [2.75, 3.05) is 12.3 Å². The van der Waals surface area contributed by atoms with Crippen molar-refractivity contribution in [1.29, 1.82) is 0 Å². The molecule has 0 radical (unpaired) electrons. The number of hydrogen-bond acceptors (Lipinski definition) is 10. The standard InChI is InChI=1S/C19H33FN6O5S2Si/c1-10(2)32-17-12-15(21)23-9-24-16(12)26(25-17)18-13(20)14(31-34(6,7)19(3,4)5)11(30-18)8-29-33(22,27)28/h9-11,13-14,18H,8H2,1-7H3,(H2,21,23,24)(H2,22,27,28)/t11-,13+,14-,18-/m1/s1. The highest BCUT2D eigenvalue weighted by Crippen LogP contribution is 2.43. The minimum Gasteiger partial charge on any atom is -0.408 e. The number of rotatable bonds is 8. The largest absolute Gasteiger partial charge is 0.408 e. The highest BCUT2D eigenvalue weighted by molar-refractivity contribution is 8.00. The second kappa shape index (κ2) is 9.59. The number of halogens is 1. The van der Waals surface area contributed by atoms with Gasteiger partial charge in [-0.1, -0.05) is 34.6 Å². The van der Waals surface area contributed by atoms with E-state index < -0.39 is 49.8 Å². The molecule has 1 fully saturated rings. The van der Waals surface area contributed by atoms with Crippen LogP contribution in [0.25, 0.3) is 11.0 Å². The molecular formula is C19H33FN6O5S2Si. The van der Waals surface area contributed by atoms with Gasteiger partial charge in [0.1, 0.15) is 29.4 Å². The third-order valence-electron chi connectivity index (χ3n) is 5.97. The van der Waals surface area contributed by atoms with E-state index in [2.05, 4.69) is 15.1 Å². The molecule has 1 saturated heterocycles. The average Bonchev–Trinajstić information content (AvgIpc) is 3.17. The van der Waals surface area contributed by atoms with Crippen molar-refractivity contribution in [2.24, 2.45) is 5.14 Å². The topological polar surface area (TPSA) is 157 Å². The summed E-state index contributed by atoms with van der Waals surface area (Å²) in [5.74, 6) is 0.219. The molecule has 0 aromatic carbocycles. The summed E-state index contributed by atoms with van der Waals surface area (Å²) in [5, 5.41) is 10.5. The predicted octanol–water partition coefficient (Wildman–Crippen LogP) is 2.75. The second-order valence-electron chi connectivity index (χ2n) is 10.0. The number of nitrogens with two attached hydrogens (primary N) is 2. The Morgan fingerprint density at radius 1 is 1.32 bits per heavy atom. The Balaban J connectivity index is 2.04. The number of fused-ring (bicyclic) bond motifs is 1. The summed E-state index contributed by atoms with van der Waals surface area (Å²) in [6, 6.07) is 0. The molecule has 0 amide bonds. The number of nitrogen functional groups attached to an aromatic ring is 1. The highest BCUT2D eigenvalue weighted by Gasteiger charge is 2.52. The van der Waals surface area contributed by atoms with Gasteiger partial charge in [0.25, 0.3) is 0 Å². The van der Waals surface area contributed by atoms with Crippen LogP contribution >= 0.6 is 11.8 Å². The molecule has 4 N–H and O–H groups in total. The highest BCUT2D eigenvalue weighted by atomic mass is 32.2. The lowest BCUT2D eigenvalue weighted by molar-refractivity contribution is -0.0446. The quantitative estimate of drug-likeness (QED) is 0.379. The molecule has 0 saturated carbocycles. The first-order valence-corrected chi connectivity index (χ1v) is 16.1. The Hall–Kier alpha value is -1.36. The molecule has 3 heterocycles. The van der Waals surface area contributed by atoms with Crippen molar-refractivity contribution in [3.05, 3.63) is 6.33 Å². The van der Waals surface area contributed by atoms with Gasteiger partial charge in [-0.3, -0.25) is 4.18 Å². The molecule has 3 rings (SSSR count). The van der Waals surface area contributed by atoms with E-state index in [-0.39, 0.29) is 16.1 Å². The second-order valence-corrected chi connectivity index (χ2v) is 17.5. The maximum Gasteiger partial charge on any atom is 0.333 e.